The van der Waals surface area contributed by atoms with Gasteiger partial charge >= 0.3 is 0 Å². The number of rotatable bonds is 11. The number of benzene rings is 2. The minimum atomic E-state index is -0.411. The van der Waals surface area contributed by atoms with Gasteiger partial charge in [0.2, 0.25) is 11.8 Å². The fourth-order valence-corrected chi connectivity index (χ4v) is 6.72. The van der Waals surface area contributed by atoms with Crippen molar-refractivity contribution in [1.82, 2.24) is 10.2 Å². The Kier molecular flexibility index (Phi) is 12.1. The van der Waals surface area contributed by atoms with E-state index in [9.17, 15) is 9.59 Å². The third kappa shape index (κ3) is 8.74. The van der Waals surface area contributed by atoms with Crippen molar-refractivity contribution in [2.75, 3.05) is 25.4 Å². The smallest absolute Gasteiger partial charge is 0.236 e. The zero-order valence-corrected chi connectivity index (χ0v) is 25.6. The van der Waals surface area contributed by atoms with Crippen LogP contribution in [0.4, 0.5) is 5.69 Å². The second-order valence-corrected chi connectivity index (χ2v) is 11.9. The number of likely N-dealkylation sites (N-methyl/N-ethyl adjacent to an activating group) is 1. The molecule has 218 valence electrons. The van der Waals surface area contributed by atoms with Crippen molar-refractivity contribution in [2.45, 2.75) is 45.2 Å². The quantitative estimate of drug-likeness (QED) is 0.182. The number of carbonyl (C=O) groups is 2. The maximum absolute atomic E-state index is 12.2. The van der Waals surface area contributed by atoms with Gasteiger partial charge in [0.15, 0.2) is 0 Å². The van der Waals surface area contributed by atoms with Crippen molar-refractivity contribution < 1.29 is 9.59 Å². The van der Waals surface area contributed by atoms with Crippen LogP contribution in [0, 0.1) is 6.92 Å². The van der Waals surface area contributed by atoms with Gasteiger partial charge in [-0.3, -0.25) is 9.59 Å². The summed E-state index contributed by atoms with van der Waals surface area (Å²) in [5.74, 6) is -0.165. The molecule has 0 fully saturated rings. The summed E-state index contributed by atoms with van der Waals surface area (Å²) < 4.78 is 0. The first-order valence-electron chi connectivity index (χ1n) is 13.7. The Labute approximate surface area is 251 Å². The molecule has 2 aromatic heterocycles. The first kappa shape index (κ1) is 32.0. The summed E-state index contributed by atoms with van der Waals surface area (Å²) >= 11 is 3.32. The molecule has 0 saturated carbocycles. The van der Waals surface area contributed by atoms with Crippen molar-refractivity contribution in [3.05, 3.63) is 110 Å². The lowest BCUT2D eigenvalue weighted by molar-refractivity contribution is -0.131. The Morgan fingerprint density at radius 1 is 0.927 bits per heavy atom. The van der Waals surface area contributed by atoms with Crippen LogP contribution in [0.2, 0.25) is 0 Å². The third-order valence-corrected chi connectivity index (χ3v) is 9.20. The molecule has 0 aliphatic carbocycles. The average Bonchev–Trinajstić information content (AvgIpc) is 3.67. The molecule has 0 bridgehead atoms. The Bertz CT molecular complexity index is 1370. The number of thiophene rings is 2. The number of hydrogen-bond donors (Lipinski definition) is 4. The fraction of sp³-hybridized carbons (Fsp3) is 0.312. The summed E-state index contributed by atoms with van der Waals surface area (Å²) in [6, 6.07) is 24.1. The van der Waals surface area contributed by atoms with Gasteiger partial charge in [-0.2, -0.15) is 0 Å². The minimum Gasteiger partial charge on any atom is -0.399 e. The van der Waals surface area contributed by atoms with Crippen LogP contribution in [0.5, 0.6) is 0 Å². The van der Waals surface area contributed by atoms with Crippen LogP contribution in [0.3, 0.4) is 0 Å². The highest BCUT2D eigenvalue weighted by molar-refractivity contribution is 7.10. The van der Waals surface area contributed by atoms with E-state index < -0.39 is 5.54 Å². The van der Waals surface area contributed by atoms with E-state index in [4.69, 9.17) is 17.2 Å². The lowest BCUT2D eigenvalue weighted by atomic mass is 9.91. The van der Waals surface area contributed by atoms with Gasteiger partial charge < -0.3 is 27.4 Å². The van der Waals surface area contributed by atoms with E-state index in [1.807, 2.05) is 78.7 Å². The molecule has 2 unspecified atom stereocenters. The number of amides is 2. The van der Waals surface area contributed by atoms with Gasteiger partial charge in [-0.1, -0.05) is 54.6 Å². The van der Waals surface area contributed by atoms with Crippen LogP contribution >= 0.6 is 22.7 Å². The van der Waals surface area contributed by atoms with Crippen molar-refractivity contribution in [1.29, 1.82) is 0 Å². The van der Waals surface area contributed by atoms with Gasteiger partial charge in [-0.05, 0) is 72.8 Å². The molecule has 9 heteroatoms. The standard InChI is InChI=1S/C17H23N3OS.C15H18N2OS/c1-3-20(16(21)11-18)15(17-12(2)8-9-22-17)10-13-6-4-5-7-14(13)19;1-15(17-14(18)11-16,13-8-5-9-19-13)10-12-6-3-2-4-7-12/h4-9,15H,3,10-11,18-19H2,1-2H3;2-9H,10-11,16H2,1H3,(H,17,18). The molecule has 7 N–H and O–H groups in total. The average molecular weight is 592 g/mol. The van der Waals surface area contributed by atoms with Crippen molar-refractivity contribution in [3.63, 3.8) is 0 Å². The van der Waals surface area contributed by atoms with E-state index in [2.05, 4.69) is 35.8 Å². The summed E-state index contributed by atoms with van der Waals surface area (Å²) in [4.78, 5) is 28.1. The SMILES string of the molecule is CC(Cc1ccccc1)(NC(=O)CN)c1cccs1.CCN(C(=O)CN)C(Cc1ccccc1N)c1sccc1C. The summed E-state index contributed by atoms with van der Waals surface area (Å²) in [6.07, 6.45) is 1.45. The van der Waals surface area contributed by atoms with E-state index in [-0.39, 0.29) is 30.9 Å². The Morgan fingerprint density at radius 3 is 2.20 bits per heavy atom. The first-order chi connectivity index (χ1) is 19.7. The Balaban J connectivity index is 0.000000228. The summed E-state index contributed by atoms with van der Waals surface area (Å²) in [7, 11) is 0. The monoisotopic (exact) mass is 591 g/mol. The van der Waals surface area contributed by atoms with E-state index >= 15 is 0 Å². The molecule has 0 aliphatic rings. The van der Waals surface area contributed by atoms with Crippen molar-refractivity contribution in [2.24, 2.45) is 11.5 Å². The van der Waals surface area contributed by atoms with Crippen molar-refractivity contribution in [3.8, 4) is 0 Å². The normalized spacial score (nSPS) is 12.9. The fourth-order valence-electron chi connectivity index (χ4n) is 4.83. The number of nitrogens with two attached hydrogens (primary N) is 3. The molecule has 4 aromatic rings. The summed E-state index contributed by atoms with van der Waals surface area (Å²) in [6.45, 7) is 6.77. The van der Waals surface area contributed by atoms with Gasteiger partial charge in [-0.15, -0.1) is 22.7 Å². The highest BCUT2D eigenvalue weighted by Crippen LogP contribution is 2.33. The van der Waals surface area contributed by atoms with Crippen LogP contribution in [-0.4, -0.2) is 36.3 Å². The minimum absolute atomic E-state index is 0.00968. The van der Waals surface area contributed by atoms with Crippen LogP contribution in [0.15, 0.2) is 83.6 Å². The topological polar surface area (TPSA) is 127 Å². The maximum Gasteiger partial charge on any atom is 0.236 e. The van der Waals surface area contributed by atoms with Gasteiger partial charge in [0, 0.05) is 28.4 Å². The van der Waals surface area contributed by atoms with E-state index in [0.717, 1.165) is 22.5 Å². The molecule has 7 nitrogen and oxygen atoms in total. The van der Waals surface area contributed by atoms with Gasteiger partial charge in [0.25, 0.3) is 0 Å². The number of aryl methyl sites for hydroxylation is 1. The number of anilines is 1. The number of nitrogens with one attached hydrogen (secondary N) is 1. The van der Waals surface area contributed by atoms with E-state index in [0.29, 0.717) is 13.0 Å². The molecule has 0 spiro atoms. The van der Waals surface area contributed by atoms with Crippen molar-refractivity contribution >= 4 is 40.2 Å². The predicted molar refractivity (Wildman–Crippen MR) is 172 cm³/mol. The predicted octanol–water partition coefficient (Wildman–Crippen LogP) is 5.01. The number of carbonyl (C=O) groups excluding carboxylic acids is 2. The molecule has 2 heterocycles. The van der Waals surface area contributed by atoms with E-state index in [1.54, 1.807) is 22.7 Å². The molecular formula is C32H41N5O2S2. The molecule has 4 rings (SSSR count). The van der Waals surface area contributed by atoms with Crippen LogP contribution in [0.1, 0.15) is 46.3 Å². The van der Waals surface area contributed by atoms with Crippen LogP contribution in [-0.2, 0) is 28.0 Å². The second-order valence-electron chi connectivity index (χ2n) is 9.99. The number of hydrogen-bond acceptors (Lipinski definition) is 7. The zero-order valence-electron chi connectivity index (χ0n) is 24.0. The highest BCUT2D eigenvalue weighted by Gasteiger charge is 2.29. The van der Waals surface area contributed by atoms with Gasteiger partial charge in [-0.25, -0.2) is 0 Å². The highest BCUT2D eigenvalue weighted by atomic mass is 32.1. The molecule has 0 aliphatic heterocycles. The lowest BCUT2D eigenvalue weighted by Gasteiger charge is -2.31. The van der Waals surface area contributed by atoms with Crippen LogP contribution < -0.4 is 22.5 Å². The van der Waals surface area contributed by atoms with Gasteiger partial charge in [0.05, 0.1) is 24.7 Å². The van der Waals surface area contributed by atoms with E-state index in [1.165, 1.54) is 16.0 Å². The summed E-state index contributed by atoms with van der Waals surface area (Å²) in [5.41, 5.74) is 20.9. The molecule has 0 radical (unpaired) electrons. The molecule has 2 aromatic carbocycles. The third-order valence-electron chi connectivity index (χ3n) is 6.95. The Morgan fingerprint density at radius 2 is 1.63 bits per heavy atom. The first-order valence-corrected chi connectivity index (χ1v) is 15.4. The Hall–Kier alpha value is -3.50. The summed E-state index contributed by atoms with van der Waals surface area (Å²) in [5, 5.41) is 7.12. The van der Waals surface area contributed by atoms with Gasteiger partial charge in [0.1, 0.15) is 0 Å². The molecular weight excluding hydrogens is 551 g/mol. The lowest BCUT2D eigenvalue weighted by Crippen LogP contribution is -2.47. The van der Waals surface area contributed by atoms with Crippen LogP contribution in [0.25, 0.3) is 0 Å². The number of para-hydroxylation sites is 1. The maximum atomic E-state index is 12.2. The zero-order chi connectivity index (χ0) is 29.8. The molecule has 0 saturated heterocycles. The molecule has 2 atom stereocenters. The number of nitrogen functional groups attached to an aromatic ring is 1. The molecule has 2 amide bonds. The molecule has 41 heavy (non-hydrogen) atoms. The number of nitrogens with zero attached hydrogens (tertiary/aromatic N) is 1. The second kappa shape index (κ2) is 15.5. The largest absolute Gasteiger partial charge is 0.399 e.